The van der Waals surface area contributed by atoms with Gasteiger partial charge < -0.3 is 0 Å². The van der Waals surface area contributed by atoms with Crippen LogP contribution in [0.5, 0.6) is 0 Å². The van der Waals surface area contributed by atoms with Crippen LogP contribution in [0.25, 0.3) is 0 Å². The molecule has 1 aromatic carbocycles. The molecule has 0 aliphatic heterocycles. The first-order valence-corrected chi connectivity index (χ1v) is 5.95. The molecule has 0 fully saturated rings. The fourth-order valence-electron chi connectivity index (χ4n) is 1.61. The number of hydrogen-bond donors (Lipinski definition) is 0. The molecule has 0 N–H and O–H groups in total. The van der Waals surface area contributed by atoms with Gasteiger partial charge in [-0.3, -0.25) is 4.79 Å². The second-order valence-electron chi connectivity index (χ2n) is 3.63. The van der Waals surface area contributed by atoms with E-state index in [9.17, 15) is 9.18 Å². The van der Waals surface area contributed by atoms with E-state index in [0.717, 1.165) is 6.07 Å². The maximum absolute atomic E-state index is 13.3. The van der Waals surface area contributed by atoms with Crippen LogP contribution in [0, 0.1) is 11.7 Å². The highest BCUT2D eigenvalue weighted by molar-refractivity contribution is 6.36. The summed E-state index contributed by atoms with van der Waals surface area (Å²) in [6.07, 6.45) is 1.42. The third-order valence-electron chi connectivity index (χ3n) is 2.61. The van der Waals surface area contributed by atoms with Crippen molar-refractivity contribution in [3.8, 4) is 0 Å². The molecule has 0 amide bonds. The van der Waals surface area contributed by atoms with E-state index >= 15 is 0 Å². The van der Waals surface area contributed by atoms with E-state index < -0.39 is 5.82 Å². The predicted molar refractivity (Wildman–Crippen MR) is 64.8 cm³/mol. The zero-order valence-electron chi connectivity index (χ0n) is 9.19. The second-order valence-corrected chi connectivity index (χ2v) is 4.44. The quantitative estimate of drug-likeness (QED) is 0.565. The minimum absolute atomic E-state index is 0.129. The van der Waals surface area contributed by atoms with Gasteiger partial charge in [0, 0.05) is 16.5 Å². The Morgan fingerprint density at radius 1 is 1.31 bits per heavy atom. The summed E-state index contributed by atoms with van der Waals surface area (Å²) in [5, 5.41) is 0.0532. The summed E-state index contributed by atoms with van der Waals surface area (Å²) in [6, 6.07) is 2.53. The van der Waals surface area contributed by atoms with E-state index in [4.69, 9.17) is 23.2 Å². The summed E-state index contributed by atoms with van der Waals surface area (Å²) < 4.78 is 13.3. The minimum atomic E-state index is -0.650. The van der Waals surface area contributed by atoms with E-state index in [-0.39, 0.29) is 27.3 Å². The SMILES string of the molecule is CCC(CC)C(=O)c1cc(Cl)cc(F)c1Cl. The molecule has 16 heavy (non-hydrogen) atoms. The lowest BCUT2D eigenvalue weighted by Gasteiger charge is -2.12. The Hall–Kier alpha value is -0.600. The van der Waals surface area contributed by atoms with Crippen molar-refractivity contribution >= 4 is 29.0 Å². The molecule has 0 heterocycles. The Morgan fingerprint density at radius 3 is 2.38 bits per heavy atom. The number of Topliss-reactive ketones (excluding diaryl/α,β-unsaturated/α-hetero) is 1. The minimum Gasteiger partial charge on any atom is -0.294 e. The standard InChI is InChI=1S/C12H13Cl2FO/c1-3-7(4-2)12(16)9-5-8(13)6-10(15)11(9)14/h5-7H,3-4H2,1-2H3. The monoisotopic (exact) mass is 262 g/mol. The highest BCUT2D eigenvalue weighted by atomic mass is 35.5. The molecule has 0 saturated heterocycles. The van der Waals surface area contributed by atoms with Gasteiger partial charge in [0.05, 0.1) is 5.02 Å². The average molecular weight is 263 g/mol. The third kappa shape index (κ3) is 2.74. The maximum atomic E-state index is 13.3. The molecule has 1 nitrogen and oxygen atoms in total. The van der Waals surface area contributed by atoms with Crippen LogP contribution in [0.15, 0.2) is 12.1 Å². The van der Waals surface area contributed by atoms with Gasteiger partial charge in [-0.25, -0.2) is 4.39 Å². The predicted octanol–water partition coefficient (Wildman–Crippen LogP) is 4.75. The van der Waals surface area contributed by atoms with Crippen LogP contribution in [0.3, 0.4) is 0 Å². The molecule has 0 aliphatic carbocycles. The van der Waals surface area contributed by atoms with Gasteiger partial charge >= 0.3 is 0 Å². The average Bonchev–Trinajstić information content (AvgIpc) is 2.24. The molecular weight excluding hydrogens is 250 g/mol. The molecule has 0 atom stereocenters. The zero-order chi connectivity index (χ0) is 12.3. The van der Waals surface area contributed by atoms with Gasteiger partial charge in [0.15, 0.2) is 5.78 Å². The van der Waals surface area contributed by atoms with Crippen LogP contribution in [0.4, 0.5) is 4.39 Å². The molecule has 0 radical (unpaired) electrons. The molecule has 0 bridgehead atoms. The molecule has 0 saturated carbocycles. The highest BCUT2D eigenvalue weighted by Crippen LogP contribution is 2.28. The van der Waals surface area contributed by atoms with E-state index in [1.54, 1.807) is 0 Å². The van der Waals surface area contributed by atoms with Crippen LogP contribution in [0.2, 0.25) is 10.0 Å². The number of hydrogen-bond acceptors (Lipinski definition) is 1. The maximum Gasteiger partial charge on any atom is 0.167 e. The first kappa shape index (κ1) is 13.5. The Balaban J connectivity index is 3.17. The van der Waals surface area contributed by atoms with E-state index in [2.05, 4.69) is 0 Å². The second kappa shape index (κ2) is 5.65. The Bertz CT molecular complexity index is 400. The van der Waals surface area contributed by atoms with E-state index in [1.807, 2.05) is 13.8 Å². The van der Waals surface area contributed by atoms with E-state index in [0.29, 0.717) is 12.8 Å². The van der Waals surface area contributed by atoms with Crippen molar-refractivity contribution in [3.63, 3.8) is 0 Å². The summed E-state index contributed by atoms with van der Waals surface area (Å²) >= 11 is 11.5. The highest BCUT2D eigenvalue weighted by Gasteiger charge is 2.21. The van der Waals surface area contributed by atoms with Crippen molar-refractivity contribution in [2.75, 3.05) is 0 Å². The molecule has 0 aliphatic rings. The lowest BCUT2D eigenvalue weighted by molar-refractivity contribution is 0.0913. The number of rotatable bonds is 4. The zero-order valence-corrected chi connectivity index (χ0v) is 10.7. The van der Waals surface area contributed by atoms with Crippen molar-refractivity contribution in [2.45, 2.75) is 26.7 Å². The number of carbonyl (C=O) groups excluding carboxylic acids is 1. The first-order chi connectivity index (χ1) is 7.51. The summed E-state index contributed by atoms with van der Waals surface area (Å²) in [5.41, 5.74) is 0.181. The molecule has 0 aromatic heterocycles. The smallest absolute Gasteiger partial charge is 0.167 e. The molecule has 0 spiro atoms. The van der Waals surface area contributed by atoms with Gasteiger partial charge in [-0.1, -0.05) is 37.0 Å². The number of carbonyl (C=O) groups is 1. The third-order valence-corrected chi connectivity index (χ3v) is 3.22. The lowest BCUT2D eigenvalue weighted by Crippen LogP contribution is -2.14. The topological polar surface area (TPSA) is 17.1 Å². The molecule has 1 rings (SSSR count). The molecule has 0 unspecified atom stereocenters. The Kier molecular flexibility index (Phi) is 4.75. The Labute approximate surface area is 105 Å². The normalized spacial score (nSPS) is 10.9. The van der Waals surface area contributed by atoms with Crippen molar-refractivity contribution in [2.24, 2.45) is 5.92 Å². The van der Waals surface area contributed by atoms with Crippen molar-refractivity contribution in [1.82, 2.24) is 0 Å². The summed E-state index contributed by atoms with van der Waals surface area (Å²) in [5.74, 6) is -0.921. The number of benzene rings is 1. The van der Waals surface area contributed by atoms with Crippen molar-refractivity contribution in [3.05, 3.63) is 33.6 Å². The van der Waals surface area contributed by atoms with Gasteiger partial charge in [-0.2, -0.15) is 0 Å². The van der Waals surface area contributed by atoms with Gasteiger partial charge in [0.2, 0.25) is 0 Å². The van der Waals surface area contributed by atoms with Crippen LogP contribution in [0.1, 0.15) is 37.0 Å². The number of halogens is 3. The lowest BCUT2D eigenvalue weighted by atomic mass is 9.93. The largest absolute Gasteiger partial charge is 0.294 e. The fraction of sp³-hybridized carbons (Fsp3) is 0.417. The molecular formula is C12H13Cl2FO. The van der Waals surface area contributed by atoms with Gasteiger partial charge in [0.1, 0.15) is 5.82 Å². The number of ketones is 1. The van der Waals surface area contributed by atoms with Crippen molar-refractivity contribution in [1.29, 1.82) is 0 Å². The molecule has 1 aromatic rings. The summed E-state index contributed by atoms with van der Waals surface area (Å²) in [4.78, 5) is 12.0. The van der Waals surface area contributed by atoms with Gasteiger partial charge in [-0.15, -0.1) is 0 Å². The van der Waals surface area contributed by atoms with Gasteiger partial charge in [-0.05, 0) is 25.0 Å². The summed E-state index contributed by atoms with van der Waals surface area (Å²) in [7, 11) is 0. The van der Waals surface area contributed by atoms with Crippen LogP contribution >= 0.6 is 23.2 Å². The Morgan fingerprint density at radius 2 is 1.88 bits per heavy atom. The van der Waals surface area contributed by atoms with Crippen LogP contribution in [-0.2, 0) is 0 Å². The van der Waals surface area contributed by atoms with Crippen LogP contribution < -0.4 is 0 Å². The van der Waals surface area contributed by atoms with Gasteiger partial charge in [0.25, 0.3) is 0 Å². The van der Waals surface area contributed by atoms with Crippen molar-refractivity contribution < 1.29 is 9.18 Å². The summed E-state index contributed by atoms with van der Waals surface area (Å²) in [6.45, 7) is 3.84. The molecule has 88 valence electrons. The fourth-order valence-corrected chi connectivity index (χ4v) is 2.02. The van der Waals surface area contributed by atoms with E-state index in [1.165, 1.54) is 6.07 Å². The first-order valence-electron chi connectivity index (χ1n) is 5.20. The molecule has 4 heteroatoms. The van der Waals surface area contributed by atoms with Crippen LogP contribution in [-0.4, -0.2) is 5.78 Å².